The van der Waals surface area contributed by atoms with Crippen molar-refractivity contribution in [2.45, 2.75) is 31.8 Å². The Morgan fingerprint density at radius 3 is 2.76 bits per heavy atom. The van der Waals surface area contributed by atoms with E-state index in [9.17, 15) is 13.2 Å². The molecule has 21 heavy (non-hydrogen) atoms. The van der Waals surface area contributed by atoms with E-state index in [1.165, 1.54) is 0 Å². The highest BCUT2D eigenvalue weighted by Gasteiger charge is 2.34. The Balaban J connectivity index is 1.53. The molecule has 0 aromatic carbocycles. The standard InChI is InChI=1S/C14H20N2O4S/c17-14(15-8-11-5-7-21(18,19)10-11)16(12-3-4-12)9-13-2-1-6-20-13/h1-2,6,11-12H,3-5,7-10H2,(H,15,17). The number of carbonyl (C=O) groups is 1. The zero-order chi connectivity index (χ0) is 14.9. The second kappa shape index (κ2) is 5.71. The SMILES string of the molecule is O=C(NCC1CCS(=O)(=O)C1)N(Cc1ccco1)C1CC1. The molecule has 2 heterocycles. The smallest absolute Gasteiger partial charge is 0.318 e. The highest BCUT2D eigenvalue weighted by molar-refractivity contribution is 7.91. The Bertz CT molecular complexity index is 593. The lowest BCUT2D eigenvalue weighted by Crippen LogP contribution is -2.42. The average Bonchev–Trinajstić information content (AvgIpc) is 3.03. The van der Waals surface area contributed by atoms with Gasteiger partial charge in [0.05, 0.1) is 24.3 Å². The van der Waals surface area contributed by atoms with Crippen molar-refractivity contribution in [2.24, 2.45) is 5.92 Å². The van der Waals surface area contributed by atoms with Gasteiger partial charge in [0.15, 0.2) is 9.84 Å². The minimum atomic E-state index is -2.89. The Kier molecular flexibility index (Phi) is 3.93. The summed E-state index contributed by atoms with van der Waals surface area (Å²) in [5, 5.41) is 2.88. The molecule has 116 valence electrons. The summed E-state index contributed by atoms with van der Waals surface area (Å²) in [6.07, 6.45) is 4.28. The van der Waals surface area contributed by atoms with Crippen molar-refractivity contribution < 1.29 is 17.6 Å². The molecule has 2 amide bonds. The van der Waals surface area contributed by atoms with Crippen molar-refractivity contribution in [1.29, 1.82) is 0 Å². The third kappa shape index (κ3) is 3.78. The summed E-state index contributed by atoms with van der Waals surface area (Å²) >= 11 is 0. The highest BCUT2D eigenvalue weighted by atomic mass is 32.2. The number of amides is 2. The van der Waals surface area contributed by atoms with E-state index in [1.807, 2.05) is 12.1 Å². The van der Waals surface area contributed by atoms with Crippen LogP contribution in [0.5, 0.6) is 0 Å². The molecule has 1 saturated heterocycles. The van der Waals surface area contributed by atoms with Gasteiger partial charge in [-0.1, -0.05) is 0 Å². The third-order valence-corrected chi connectivity index (χ3v) is 5.86. The Labute approximate surface area is 124 Å². The van der Waals surface area contributed by atoms with Gasteiger partial charge < -0.3 is 14.6 Å². The number of urea groups is 1. The first kappa shape index (κ1) is 14.4. The molecule has 1 aromatic heterocycles. The molecule has 2 aliphatic rings. The van der Waals surface area contributed by atoms with E-state index in [2.05, 4.69) is 5.32 Å². The van der Waals surface area contributed by atoms with E-state index in [1.54, 1.807) is 11.2 Å². The molecule has 1 aromatic rings. The predicted octanol–water partition coefficient (Wildman–Crippen LogP) is 1.39. The van der Waals surface area contributed by atoms with Crippen LogP contribution in [0.25, 0.3) is 0 Å². The van der Waals surface area contributed by atoms with E-state index in [4.69, 9.17) is 4.42 Å². The van der Waals surface area contributed by atoms with E-state index < -0.39 is 9.84 Å². The lowest BCUT2D eigenvalue weighted by atomic mass is 10.1. The fourth-order valence-corrected chi connectivity index (χ4v) is 4.55. The van der Waals surface area contributed by atoms with Crippen LogP contribution in [0.15, 0.2) is 22.8 Å². The maximum Gasteiger partial charge on any atom is 0.318 e. The van der Waals surface area contributed by atoms with Crippen LogP contribution in [-0.4, -0.2) is 43.4 Å². The molecule has 3 rings (SSSR count). The molecule has 0 bridgehead atoms. The third-order valence-electron chi connectivity index (χ3n) is 4.02. The molecule has 6 nitrogen and oxygen atoms in total. The molecule has 1 saturated carbocycles. The number of carbonyl (C=O) groups excluding carboxylic acids is 1. The molecule has 1 atom stereocenters. The van der Waals surface area contributed by atoms with Crippen molar-refractivity contribution >= 4 is 15.9 Å². The van der Waals surface area contributed by atoms with E-state index in [-0.39, 0.29) is 29.5 Å². The normalized spacial score (nSPS) is 23.9. The maximum atomic E-state index is 12.3. The fourth-order valence-electron chi connectivity index (χ4n) is 2.69. The number of hydrogen-bond acceptors (Lipinski definition) is 4. The van der Waals surface area contributed by atoms with E-state index in [0.717, 1.165) is 18.6 Å². The van der Waals surface area contributed by atoms with Crippen LogP contribution in [0.3, 0.4) is 0 Å². The van der Waals surface area contributed by atoms with Gasteiger partial charge in [-0.3, -0.25) is 0 Å². The van der Waals surface area contributed by atoms with Crippen LogP contribution in [0.4, 0.5) is 4.79 Å². The summed E-state index contributed by atoms with van der Waals surface area (Å²) in [5.41, 5.74) is 0. The summed E-state index contributed by atoms with van der Waals surface area (Å²) < 4.78 is 28.1. The highest BCUT2D eigenvalue weighted by Crippen LogP contribution is 2.28. The number of rotatable bonds is 5. The molecular weight excluding hydrogens is 292 g/mol. The van der Waals surface area contributed by atoms with Gasteiger partial charge in [0.2, 0.25) is 0 Å². The van der Waals surface area contributed by atoms with Gasteiger partial charge in [-0.2, -0.15) is 0 Å². The predicted molar refractivity (Wildman–Crippen MR) is 77.4 cm³/mol. The second-order valence-electron chi connectivity index (χ2n) is 5.89. The van der Waals surface area contributed by atoms with Crippen LogP contribution >= 0.6 is 0 Å². The average molecular weight is 312 g/mol. The van der Waals surface area contributed by atoms with Gasteiger partial charge in [0.1, 0.15) is 5.76 Å². The summed E-state index contributed by atoms with van der Waals surface area (Å²) in [7, 11) is -2.89. The molecule has 1 aliphatic carbocycles. The van der Waals surface area contributed by atoms with Crippen LogP contribution in [0.2, 0.25) is 0 Å². The van der Waals surface area contributed by atoms with Gasteiger partial charge in [0.25, 0.3) is 0 Å². The van der Waals surface area contributed by atoms with Crippen LogP contribution in [0.1, 0.15) is 25.0 Å². The molecule has 1 aliphatic heterocycles. The number of sulfone groups is 1. The lowest BCUT2D eigenvalue weighted by molar-refractivity contribution is 0.185. The topological polar surface area (TPSA) is 79.6 Å². The summed E-state index contributed by atoms with van der Waals surface area (Å²) in [6, 6.07) is 3.81. The van der Waals surface area contributed by atoms with Gasteiger partial charge >= 0.3 is 6.03 Å². The zero-order valence-corrected chi connectivity index (χ0v) is 12.6. The van der Waals surface area contributed by atoms with Gasteiger partial charge in [-0.15, -0.1) is 0 Å². The van der Waals surface area contributed by atoms with Crippen LogP contribution in [0, 0.1) is 5.92 Å². The van der Waals surface area contributed by atoms with Crippen LogP contribution < -0.4 is 5.32 Å². The summed E-state index contributed by atoms with van der Waals surface area (Å²) in [5.74, 6) is 1.24. The van der Waals surface area contributed by atoms with Crippen LogP contribution in [-0.2, 0) is 16.4 Å². The summed E-state index contributed by atoms with van der Waals surface area (Å²) in [4.78, 5) is 14.1. The minimum Gasteiger partial charge on any atom is -0.467 e. The zero-order valence-electron chi connectivity index (χ0n) is 11.8. The Morgan fingerprint density at radius 2 is 2.19 bits per heavy atom. The number of nitrogens with zero attached hydrogens (tertiary/aromatic N) is 1. The van der Waals surface area contributed by atoms with E-state index >= 15 is 0 Å². The molecule has 0 radical (unpaired) electrons. The quantitative estimate of drug-likeness (QED) is 0.891. The molecule has 1 unspecified atom stereocenters. The largest absolute Gasteiger partial charge is 0.467 e. The minimum absolute atomic E-state index is 0.0450. The Morgan fingerprint density at radius 1 is 1.38 bits per heavy atom. The van der Waals surface area contributed by atoms with Crippen molar-refractivity contribution in [3.63, 3.8) is 0 Å². The number of hydrogen-bond donors (Lipinski definition) is 1. The van der Waals surface area contributed by atoms with Gasteiger partial charge in [0, 0.05) is 12.6 Å². The molecule has 0 spiro atoms. The number of nitrogens with one attached hydrogen (secondary N) is 1. The lowest BCUT2D eigenvalue weighted by Gasteiger charge is -2.22. The first-order valence-corrected chi connectivity index (χ1v) is 9.13. The van der Waals surface area contributed by atoms with Crippen molar-refractivity contribution in [3.8, 4) is 0 Å². The van der Waals surface area contributed by atoms with Gasteiger partial charge in [-0.05, 0) is 37.3 Å². The monoisotopic (exact) mass is 312 g/mol. The Hall–Kier alpha value is -1.50. The van der Waals surface area contributed by atoms with Gasteiger partial charge in [-0.25, -0.2) is 13.2 Å². The van der Waals surface area contributed by atoms with Crippen molar-refractivity contribution in [3.05, 3.63) is 24.2 Å². The first-order chi connectivity index (χ1) is 10.0. The summed E-state index contributed by atoms with van der Waals surface area (Å²) in [6.45, 7) is 0.895. The van der Waals surface area contributed by atoms with Crippen molar-refractivity contribution in [1.82, 2.24) is 10.2 Å². The molecule has 1 N–H and O–H groups in total. The second-order valence-corrected chi connectivity index (χ2v) is 8.12. The molecular formula is C14H20N2O4S. The maximum absolute atomic E-state index is 12.3. The first-order valence-electron chi connectivity index (χ1n) is 7.31. The molecule has 2 fully saturated rings. The molecule has 7 heteroatoms. The van der Waals surface area contributed by atoms with E-state index in [0.29, 0.717) is 19.5 Å². The number of furan rings is 1. The van der Waals surface area contributed by atoms with Crippen molar-refractivity contribution in [2.75, 3.05) is 18.1 Å². The fraction of sp³-hybridized carbons (Fsp3) is 0.643.